The van der Waals surface area contributed by atoms with Gasteiger partial charge in [0, 0.05) is 68.1 Å². The van der Waals surface area contributed by atoms with Gasteiger partial charge in [-0.3, -0.25) is 4.90 Å². The summed E-state index contributed by atoms with van der Waals surface area (Å²) in [7, 11) is 13.5. The Bertz CT molecular complexity index is 4820. The molecule has 0 amide bonds. The molecule has 0 spiro atoms. The van der Waals surface area contributed by atoms with Gasteiger partial charge in [0.25, 0.3) is 0 Å². The molecule has 3 atom stereocenters. The summed E-state index contributed by atoms with van der Waals surface area (Å²) in [4.78, 5) is 1.91. The molecule has 22 heteroatoms. The summed E-state index contributed by atoms with van der Waals surface area (Å²) in [5.41, 5.74) is 19.4. The Morgan fingerprint density at radius 3 is 1.36 bits per heavy atom. The van der Waals surface area contributed by atoms with Crippen molar-refractivity contribution < 1.29 is 71.3 Å². The average Bonchev–Trinajstić information content (AvgIpc) is 1.68. The number of aromatic hydroxyl groups is 2. The van der Waals surface area contributed by atoms with E-state index in [9.17, 15) is 10.2 Å². The van der Waals surface area contributed by atoms with Crippen LogP contribution >= 0.6 is 57.6 Å². The first-order valence-corrected chi connectivity index (χ1v) is 36.9. The maximum Gasteiger partial charge on any atom is 0.450 e. The van der Waals surface area contributed by atoms with Crippen LogP contribution in [-0.2, 0) is 54.8 Å². The molecule has 0 bridgehead atoms. The Hall–Kier alpha value is -8.68. The van der Waals surface area contributed by atoms with Gasteiger partial charge in [0.2, 0.25) is 23.9 Å². The lowest BCUT2D eigenvalue weighted by molar-refractivity contribution is -0.686. The van der Waals surface area contributed by atoms with Crippen molar-refractivity contribution in [2.45, 2.75) is 85.5 Å². The molecule has 1 aliphatic carbocycles. The van der Waals surface area contributed by atoms with Crippen molar-refractivity contribution in [1.29, 1.82) is 0 Å². The number of rotatable bonds is 8. The number of aromatic nitrogens is 3. The molecule has 9 heterocycles. The van der Waals surface area contributed by atoms with Crippen molar-refractivity contribution in [3.8, 4) is 91.3 Å². The van der Waals surface area contributed by atoms with Crippen LogP contribution in [0.5, 0.6) is 57.5 Å². The first-order valence-electron chi connectivity index (χ1n) is 34.5. The minimum atomic E-state index is -0.750. The number of alkyl halides is 2. The number of hydrogen-bond donors (Lipinski definition) is 2. The highest BCUT2D eigenvalue weighted by atomic mass is 35.6. The summed E-state index contributed by atoms with van der Waals surface area (Å²) in [6.07, 6.45) is 16.0. The minimum absolute atomic E-state index is 0. The molecule has 7 aliphatic rings. The number of ether oxygens (including phenoxy) is 10. The van der Waals surface area contributed by atoms with Crippen molar-refractivity contribution >= 4 is 94.9 Å². The third-order valence-electron chi connectivity index (χ3n) is 20.9. The third kappa shape index (κ3) is 16.8. The van der Waals surface area contributed by atoms with Gasteiger partial charge in [-0.15, -0.1) is 23.2 Å². The van der Waals surface area contributed by atoms with Crippen molar-refractivity contribution in [3.05, 3.63) is 218 Å². The number of fused-ring (bicyclic) bond motifs is 17. The van der Waals surface area contributed by atoms with Crippen LogP contribution in [0.15, 0.2) is 145 Å². The number of phenolic OH excluding ortho intramolecular Hbond substituents is 2. The average molecular weight is 1550 g/mol. The predicted molar refractivity (Wildman–Crippen MR) is 433 cm³/mol. The third-order valence-corrected chi connectivity index (χ3v) is 20.9. The highest BCUT2D eigenvalue weighted by Gasteiger charge is 2.43. The zero-order valence-electron chi connectivity index (χ0n) is 63.7. The Morgan fingerprint density at radius 1 is 0.486 bits per heavy atom. The van der Waals surface area contributed by atoms with E-state index in [0.29, 0.717) is 36.2 Å². The van der Waals surface area contributed by atoms with Crippen LogP contribution in [0.25, 0.3) is 66.1 Å². The lowest BCUT2D eigenvalue weighted by Crippen LogP contribution is -2.47. The summed E-state index contributed by atoms with van der Waals surface area (Å²) in [6.45, 7) is 14.0. The van der Waals surface area contributed by atoms with Crippen molar-refractivity contribution in [2.75, 3.05) is 82.1 Å². The lowest BCUT2D eigenvalue weighted by atomic mass is 9.74. The molecule has 107 heavy (non-hydrogen) atoms. The fourth-order valence-electron chi connectivity index (χ4n) is 15.6. The van der Waals surface area contributed by atoms with Gasteiger partial charge in [0.15, 0.2) is 101 Å². The molecule has 1 fully saturated rings. The topological polar surface area (TPSA) is 148 Å². The number of piperidine rings is 1. The normalized spacial score (nSPS) is 15.9. The largest absolute Gasteiger partial charge is 0.504 e. The number of methoxy groups -OCH3 is 8. The maximum absolute atomic E-state index is 9.87. The second kappa shape index (κ2) is 36.0. The standard InChI is InChI=1S/C21H27NO2.C21H22NO2.C20H18NO4.C19H17NO4.CH2Cl2.3CH3.BCl3/c2*1-13-9-16-7-8-22-12-18-15(5-6-20(23-3)21(18)24-4)11-19(22)17(16)10-14(13)2;1-22-17-4-3-12-7-16-14-9-19-18(24-11-25-19)8-13(14)5-6-21(16)10-15(12)20(17)23-2;1-23-18-4-3-11-7-15-13-9-17(22)16(21)8-12(13)5-6-20(15)10-14(11)19(18)24-2;2-1-3;;;;2-1(3)4/h5-6,9-10,15,18-19H,7-8,11-12H2,1-4H3;5-6,9-12H,7-8H2,1-4H3;3-4,7-10H,5-6,11H2,1-2H3;3-4,7-10,22H,5-6H2,1-2H3;1H2;3*1H3;/q;2*+1;;;3*-1;/p+1/t15?,18?,19-;;;;;;;;/m1......../s1. The molecule has 1 saturated heterocycles. The fourth-order valence-corrected chi connectivity index (χ4v) is 15.6. The molecule has 2 unspecified atom stereocenters. The van der Waals surface area contributed by atoms with E-state index in [0.717, 1.165) is 148 Å². The summed E-state index contributed by atoms with van der Waals surface area (Å²) in [6, 6.07) is 36.0. The number of phenols is 2. The van der Waals surface area contributed by atoms with E-state index in [2.05, 4.69) is 144 Å². The van der Waals surface area contributed by atoms with Gasteiger partial charge in [-0.2, -0.15) is 48.1 Å². The van der Waals surface area contributed by atoms with E-state index in [4.69, 9.17) is 105 Å². The van der Waals surface area contributed by atoms with Crippen LogP contribution in [0, 0.1) is 61.8 Å². The smallest absolute Gasteiger partial charge is 0.450 e. The van der Waals surface area contributed by atoms with E-state index in [-0.39, 0.29) is 39.1 Å². The van der Waals surface area contributed by atoms with E-state index < -0.39 is 4.96 Å². The molecule has 17 rings (SSSR count). The second-order valence-electron chi connectivity index (χ2n) is 26.4. The number of halogens is 5. The summed E-state index contributed by atoms with van der Waals surface area (Å²) >= 11 is 23.9. The fraction of sp³-hybridized carbons (Fsp3) is 0.318. The number of allylic oxidation sites excluding steroid dienone is 2. The van der Waals surface area contributed by atoms with Gasteiger partial charge in [-0.25, -0.2) is 0 Å². The summed E-state index contributed by atoms with van der Waals surface area (Å²) in [5, 5.41) is 26.2. The summed E-state index contributed by atoms with van der Waals surface area (Å²) in [5.74, 6) is 8.85. The second-order valence-corrected chi connectivity index (χ2v) is 29.2. The maximum atomic E-state index is 9.87. The SMILES string of the molecule is COC1=C(OC)C2CN3CCc4cc(C)c(C)cc4[C@H]3CC2C=C1.COc1ccc2cc3[n+](cc2c1OC)CCc1cc(C)c(C)cc1-3.COc1ccc2cc3[n+](cc2c1OC)CCc1cc(O)c(O)cc1-3.COc1ccc2cc3[n+](cc2c1OC)CCc1cc2c(cc1-3)OCO2.ClB(Cl)Cl.ClCCl.[CH3-].[CH3-].[CH3-]. The first-order chi connectivity index (χ1) is 50.3. The van der Waals surface area contributed by atoms with Gasteiger partial charge in [0.05, 0.1) is 89.5 Å². The molecule has 2 N–H and O–H groups in total. The summed E-state index contributed by atoms with van der Waals surface area (Å²) < 4.78 is 62.1. The Balaban J connectivity index is 0.000000158. The molecule has 0 radical (unpaired) electrons. The van der Waals surface area contributed by atoms with Gasteiger partial charge in [0.1, 0.15) is 5.76 Å². The van der Waals surface area contributed by atoms with Crippen molar-refractivity contribution in [2.24, 2.45) is 11.8 Å². The molecular weight excluding hydrogens is 1460 g/mol. The Kier molecular flexibility index (Phi) is 27.7. The molecular formula is C85H96BCl5N4O12. The molecule has 0 saturated carbocycles. The van der Waals surface area contributed by atoms with E-state index in [1.165, 1.54) is 67.7 Å². The number of nitrogens with zero attached hydrogens (tertiary/aromatic N) is 4. The highest BCUT2D eigenvalue weighted by Crippen LogP contribution is 2.48. The van der Waals surface area contributed by atoms with E-state index in [1.807, 2.05) is 24.3 Å². The molecule has 6 aliphatic heterocycles. The zero-order chi connectivity index (χ0) is 73.8. The van der Waals surface area contributed by atoms with Gasteiger partial charge >= 0.3 is 4.96 Å². The molecule has 7 aromatic carbocycles. The predicted octanol–water partition coefficient (Wildman–Crippen LogP) is 18.2. The van der Waals surface area contributed by atoms with Crippen LogP contribution in [0.4, 0.5) is 0 Å². The van der Waals surface area contributed by atoms with Crippen LogP contribution in [0.3, 0.4) is 0 Å². The number of hydrogen-bond acceptors (Lipinski definition) is 13. The first kappa shape index (κ1) is 82.4. The van der Waals surface area contributed by atoms with Gasteiger partial charge in [-0.1, -0.05) is 24.3 Å². The van der Waals surface area contributed by atoms with Crippen LogP contribution in [-0.4, -0.2) is 102 Å². The lowest BCUT2D eigenvalue weighted by Gasteiger charge is -2.47. The van der Waals surface area contributed by atoms with E-state index >= 15 is 0 Å². The molecule has 10 aromatic rings. The number of pyridine rings is 3. The Morgan fingerprint density at radius 2 is 0.897 bits per heavy atom. The van der Waals surface area contributed by atoms with Crippen LogP contribution in [0.2, 0.25) is 0 Å². The molecule has 3 aromatic heterocycles. The number of benzene rings is 7. The van der Waals surface area contributed by atoms with E-state index in [1.54, 1.807) is 80.1 Å². The molecule has 566 valence electrons. The molecule has 16 nitrogen and oxygen atoms in total. The van der Waals surface area contributed by atoms with Crippen LogP contribution < -0.4 is 51.6 Å². The minimum Gasteiger partial charge on any atom is -0.504 e. The highest BCUT2D eigenvalue weighted by molar-refractivity contribution is 7.54. The zero-order valence-corrected chi connectivity index (χ0v) is 67.4. The monoisotopic (exact) mass is 1550 g/mol. The quantitative estimate of drug-likeness (QED) is 0.0489. The number of aryl methyl sites for hydroxylation is 10. The van der Waals surface area contributed by atoms with Gasteiger partial charge < -0.3 is 79.9 Å². The van der Waals surface area contributed by atoms with Crippen molar-refractivity contribution in [3.63, 3.8) is 0 Å². The Labute approximate surface area is 655 Å². The van der Waals surface area contributed by atoms with Gasteiger partial charge in [-0.05, 0) is 185 Å². The van der Waals surface area contributed by atoms with Crippen LogP contribution in [0.1, 0.15) is 62.5 Å². The van der Waals surface area contributed by atoms with Crippen molar-refractivity contribution in [1.82, 2.24) is 4.90 Å².